The van der Waals surface area contributed by atoms with Crippen LogP contribution >= 0.6 is 0 Å². The molecule has 2 heterocycles. The lowest BCUT2D eigenvalue weighted by atomic mass is 9.97. The second-order valence-corrected chi connectivity index (χ2v) is 6.78. The Morgan fingerprint density at radius 1 is 1.07 bits per heavy atom. The minimum absolute atomic E-state index is 0.0424. The molecule has 2 aliphatic heterocycles. The number of carbonyl (C=O) groups is 1. The van der Waals surface area contributed by atoms with E-state index in [1.807, 2.05) is 0 Å². The minimum Gasteiger partial charge on any atom is -0.362 e. The highest BCUT2D eigenvalue weighted by atomic mass is 19.2. The van der Waals surface area contributed by atoms with Crippen LogP contribution in [0.4, 0.5) is 18.9 Å². The maximum atomic E-state index is 13.9. The Hall–Kier alpha value is -3.03. The number of halogens is 3. The summed E-state index contributed by atoms with van der Waals surface area (Å²) in [6, 6.07) is 9.38. The van der Waals surface area contributed by atoms with Crippen LogP contribution in [0.25, 0.3) is 0 Å². The van der Waals surface area contributed by atoms with Crippen molar-refractivity contribution in [1.29, 1.82) is 0 Å². The number of carbonyl (C=O) groups excluding carboxylic acids is 1. The van der Waals surface area contributed by atoms with Crippen molar-refractivity contribution >= 4 is 17.5 Å². The van der Waals surface area contributed by atoms with Crippen LogP contribution in [0.2, 0.25) is 0 Å². The molecule has 1 amide bonds. The highest BCUT2D eigenvalue weighted by Gasteiger charge is 2.33. The summed E-state index contributed by atoms with van der Waals surface area (Å²) < 4.78 is 40.5. The van der Waals surface area contributed by atoms with Crippen molar-refractivity contribution in [3.05, 3.63) is 65.5 Å². The Morgan fingerprint density at radius 2 is 1.89 bits per heavy atom. The van der Waals surface area contributed by atoms with E-state index >= 15 is 0 Å². The lowest BCUT2D eigenvalue weighted by Gasteiger charge is -2.32. The van der Waals surface area contributed by atoms with Gasteiger partial charge in [-0.1, -0.05) is 12.1 Å². The average molecular weight is 389 g/mol. The summed E-state index contributed by atoms with van der Waals surface area (Å²) in [6.45, 7) is 1.04. The Kier molecular flexibility index (Phi) is 4.93. The first-order chi connectivity index (χ1) is 13.5. The van der Waals surface area contributed by atoms with E-state index in [1.165, 1.54) is 23.3 Å². The van der Waals surface area contributed by atoms with Gasteiger partial charge in [-0.3, -0.25) is 4.79 Å². The van der Waals surface area contributed by atoms with Crippen LogP contribution in [-0.2, 0) is 4.84 Å². The van der Waals surface area contributed by atoms with E-state index < -0.39 is 17.5 Å². The molecule has 2 aromatic rings. The fourth-order valence-corrected chi connectivity index (χ4v) is 3.45. The molecule has 0 saturated carbocycles. The molecular weight excluding hydrogens is 371 g/mol. The quantitative estimate of drug-likeness (QED) is 0.803. The molecule has 2 aliphatic rings. The van der Waals surface area contributed by atoms with E-state index in [0.29, 0.717) is 24.7 Å². The molecule has 0 aromatic heterocycles. The van der Waals surface area contributed by atoms with Crippen LogP contribution < -0.4 is 5.06 Å². The predicted octanol–water partition coefficient (Wildman–Crippen LogP) is 3.76. The summed E-state index contributed by atoms with van der Waals surface area (Å²) in [6.07, 6.45) is 1.50. The standard InChI is InChI=1S/C20H18F3N3O2/c21-16-6-2-1-5-15(16)20(27)25-9-3-4-13(11-25)19-24-12-26(28-19)14-7-8-17(22)18(23)10-14/h1-2,5-8,10,13H,3-4,9,11-12H2/t13-/m0/s1. The molecule has 146 valence electrons. The molecule has 0 bridgehead atoms. The molecule has 0 aliphatic carbocycles. The topological polar surface area (TPSA) is 45.1 Å². The second-order valence-electron chi connectivity index (χ2n) is 6.78. The van der Waals surface area contributed by atoms with Gasteiger partial charge in [0.15, 0.2) is 11.6 Å². The van der Waals surface area contributed by atoms with Crippen molar-refractivity contribution in [2.24, 2.45) is 10.9 Å². The van der Waals surface area contributed by atoms with Gasteiger partial charge in [0.25, 0.3) is 5.91 Å². The number of aliphatic imine (C=N–C) groups is 1. The van der Waals surface area contributed by atoms with Gasteiger partial charge in [0.1, 0.15) is 12.5 Å². The van der Waals surface area contributed by atoms with Gasteiger partial charge in [-0.15, -0.1) is 0 Å². The third-order valence-corrected chi connectivity index (χ3v) is 4.91. The number of nitrogens with zero attached hydrogens (tertiary/aromatic N) is 3. The third-order valence-electron chi connectivity index (χ3n) is 4.91. The summed E-state index contributed by atoms with van der Waals surface area (Å²) in [5.74, 6) is -2.50. The van der Waals surface area contributed by atoms with Crippen molar-refractivity contribution in [3.8, 4) is 0 Å². The smallest absolute Gasteiger partial charge is 0.256 e. The number of hydrogen-bond acceptors (Lipinski definition) is 4. The molecule has 8 heteroatoms. The number of likely N-dealkylation sites (tertiary alicyclic amines) is 1. The highest BCUT2D eigenvalue weighted by Crippen LogP contribution is 2.27. The van der Waals surface area contributed by atoms with Crippen molar-refractivity contribution < 1.29 is 22.8 Å². The molecule has 1 fully saturated rings. The molecule has 1 saturated heterocycles. The van der Waals surface area contributed by atoms with Crippen molar-refractivity contribution in [3.63, 3.8) is 0 Å². The van der Waals surface area contributed by atoms with E-state index in [-0.39, 0.29) is 24.1 Å². The lowest BCUT2D eigenvalue weighted by molar-refractivity contribution is 0.0689. The molecular formula is C20H18F3N3O2. The second kappa shape index (κ2) is 7.53. The SMILES string of the molecule is O=C(c1ccccc1F)N1CCC[C@H](C2=NCN(c3ccc(F)c(F)c3)O2)C1. The molecule has 0 unspecified atom stereocenters. The molecule has 5 nitrogen and oxygen atoms in total. The molecule has 2 aromatic carbocycles. The molecule has 0 radical (unpaired) electrons. The monoisotopic (exact) mass is 389 g/mol. The van der Waals surface area contributed by atoms with E-state index in [4.69, 9.17) is 4.84 Å². The van der Waals surface area contributed by atoms with Gasteiger partial charge in [0.05, 0.1) is 17.2 Å². The van der Waals surface area contributed by atoms with Crippen LogP contribution in [0.3, 0.4) is 0 Å². The average Bonchev–Trinajstić information content (AvgIpc) is 3.20. The van der Waals surface area contributed by atoms with Crippen LogP contribution in [0, 0.1) is 23.4 Å². The fraction of sp³-hybridized carbons (Fsp3) is 0.300. The minimum atomic E-state index is -0.964. The van der Waals surface area contributed by atoms with Gasteiger partial charge in [-0.05, 0) is 37.1 Å². The van der Waals surface area contributed by atoms with Gasteiger partial charge in [-0.25, -0.2) is 18.2 Å². The normalized spacial score (nSPS) is 19.4. The zero-order valence-corrected chi connectivity index (χ0v) is 14.9. The highest BCUT2D eigenvalue weighted by molar-refractivity contribution is 5.95. The Morgan fingerprint density at radius 3 is 2.68 bits per heavy atom. The van der Waals surface area contributed by atoms with Crippen LogP contribution in [0.5, 0.6) is 0 Å². The van der Waals surface area contributed by atoms with E-state index in [2.05, 4.69) is 4.99 Å². The zero-order chi connectivity index (χ0) is 19.7. The van der Waals surface area contributed by atoms with E-state index in [9.17, 15) is 18.0 Å². The molecule has 0 spiro atoms. The van der Waals surface area contributed by atoms with Crippen molar-refractivity contribution in [2.45, 2.75) is 12.8 Å². The van der Waals surface area contributed by atoms with Crippen LogP contribution in [-0.4, -0.2) is 36.5 Å². The molecule has 28 heavy (non-hydrogen) atoms. The Bertz CT molecular complexity index is 935. The number of benzene rings is 2. The largest absolute Gasteiger partial charge is 0.362 e. The summed E-state index contributed by atoms with van der Waals surface area (Å²) in [7, 11) is 0. The van der Waals surface area contributed by atoms with Crippen molar-refractivity contribution in [2.75, 3.05) is 24.8 Å². The maximum Gasteiger partial charge on any atom is 0.256 e. The summed E-state index contributed by atoms with van der Waals surface area (Å²) >= 11 is 0. The molecule has 4 rings (SSSR count). The molecule has 1 atom stereocenters. The van der Waals surface area contributed by atoms with Gasteiger partial charge < -0.3 is 9.74 Å². The zero-order valence-electron chi connectivity index (χ0n) is 14.9. The number of hydroxylamine groups is 1. The molecule has 0 N–H and O–H groups in total. The Labute approximate surface area is 160 Å². The number of piperidine rings is 1. The summed E-state index contributed by atoms with van der Waals surface area (Å²) in [5, 5.41) is 1.37. The van der Waals surface area contributed by atoms with E-state index in [1.54, 1.807) is 17.0 Å². The van der Waals surface area contributed by atoms with Gasteiger partial charge in [0.2, 0.25) is 5.90 Å². The lowest BCUT2D eigenvalue weighted by Crippen LogP contribution is -2.43. The summed E-state index contributed by atoms with van der Waals surface area (Å²) in [5.41, 5.74) is 0.397. The maximum absolute atomic E-state index is 13.9. The van der Waals surface area contributed by atoms with Gasteiger partial charge >= 0.3 is 0 Å². The number of amides is 1. The van der Waals surface area contributed by atoms with Crippen LogP contribution in [0.1, 0.15) is 23.2 Å². The van der Waals surface area contributed by atoms with Crippen LogP contribution in [0.15, 0.2) is 47.5 Å². The fourth-order valence-electron chi connectivity index (χ4n) is 3.45. The summed E-state index contributed by atoms with van der Waals surface area (Å²) in [4.78, 5) is 24.3. The Balaban J connectivity index is 1.43. The number of rotatable bonds is 3. The number of hydrogen-bond donors (Lipinski definition) is 0. The first-order valence-electron chi connectivity index (χ1n) is 9.01. The van der Waals surface area contributed by atoms with Gasteiger partial charge in [-0.2, -0.15) is 5.06 Å². The van der Waals surface area contributed by atoms with Crippen molar-refractivity contribution in [1.82, 2.24) is 4.90 Å². The first-order valence-corrected chi connectivity index (χ1v) is 9.01. The number of anilines is 1. The first kappa shape index (κ1) is 18.3. The van der Waals surface area contributed by atoms with Gasteiger partial charge in [0, 0.05) is 19.2 Å². The predicted molar refractivity (Wildman–Crippen MR) is 97.3 cm³/mol. The van der Waals surface area contributed by atoms with E-state index in [0.717, 1.165) is 25.0 Å². The third kappa shape index (κ3) is 3.54.